The van der Waals surface area contributed by atoms with Crippen molar-refractivity contribution in [3.8, 4) is 11.6 Å². The molecule has 0 spiro atoms. The molecule has 4 heterocycles. The normalized spacial score (nSPS) is 28.2. The van der Waals surface area contributed by atoms with Crippen molar-refractivity contribution in [2.75, 3.05) is 11.5 Å². The number of ether oxygens (including phenoxy) is 2. The van der Waals surface area contributed by atoms with Gasteiger partial charge in [0.05, 0.1) is 0 Å². The monoisotopic (exact) mass is 308 g/mol. The van der Waals surface area contributed by atoms with Gasteiger partial charge in [0, 0.05) is 24.0 Å². The standard InChI is InChI=1S/C19H20N2O2/c1-2-17-19(20-11-1)23-18(12-22-17)13-3-5-14(6-4-13)21-15-7-8-16(21)10-9-15/h1-6,11,15-16,18H,7-10,12H2/t15-,16+,18-/m1/s1. The number of hydrogen-bond donors (Lipinski definition) is 0. The molecule has 23 heavy (non-hydrogen) atoms. The number of anilines is 1. The zero-order valence-corrected chi connectivity index (χ0v) is 13.0. The molecule has 118 valence electrons. The van der Waals surface area contributed by atoms with Crippen LogP contribution in [-0.2, 0) is 0 Å². The summed E-state index contributed by atoms with van der Waals surface area (Å²) in [5.41, 5.74) is 2.51. The maximum absolute atomic E-state index is 5.99. The van der Waals surface area contributed by atoms with Crippen molar-refractivity contribution in [1.82, 2.24) is 4.98 Å². The van der Waals surface area contributed by atoms with Crippen molar-refractivity contribution in [3.05, 3.63) is 48.2 Å². The summed E-state index contributed by atoms with van der Waals surface area (Å²) in [5.74, 6) is 1.32. The molecule has 1 atom stereocenters. The molecule has 3 aliphatic rings. The quantitative estimate of drug-likeness (QED) is 0.847. The Morgan fingerprint density at radius 2 is 1.70 bits per heavy atom. The van der Waals surface area contributed by atoms with Crippen molar-refractivity contribution >= 4 is 5.69 Å². The van der Waals surface area contributed by atoms with Crippen LogP contribution >= 0.6 is 0 Å². The summed E-state index contributed by atoms with van der Waals surface area (Å²) in [7, 11) is 0. The maximum atomic E-state index is 5.99. The molecular weight excluding hydrogens is 288 g/mol. The SMILES string of the molecule is c1cnc2c(c1)OC[C@H](c1ccc(N3[C@H]4CC[C@@H]3CC4)cc1)O2. The van der Waals surface area contributed by atoms with E-state index in [1.807, 2.05) is 12.1 Å². The number of benzene rings is 1. The highest BCUT2D eigenvalue weighted by Gasteiger charge is 2.39. The van der Waals surface area contributed by atoms with E-state index in [2.05, 4.69) is 34.1 Å². The molecule has 0 aliphatic carbocycles. The van der Waals surface area contributed by atoms with E-state index in [0.717, 1.165) is 23.4 Å². The Morgan fingerprint density at radius 3 is 2.43 bits per heavy atom. The van der Waals surface area contributed by atoms with Gasteiger partial charge in [-0.15, -0.1) is 0 Å². The highest BCUT2D eigenvalue weighted by Crippen LogP contribution is 2.41. The zero-order chi connectivity index (χ0) is 15.2. The molecule has 2 aromatic rings. The van der Waals surface area contributed by atoms with Crippen LogP contribution in [0.5, 0.6) is 11.6 Å². The molecule has 4 nitrogen and oxygen atoms in total. The van der Waals surface area contributed by atoms with Gasteiger partial charge in [0.2, 0.25) is 0 Å². The first-order valence-electron chi connectivity index (χ1n) is 8.51. The van der Waals surface area contributed by atoms with Crippen LogP contribution in [0.4, 0.5) is 5.69 Å². The Kier molecular flexibility index (Phi) is 2.96. The minimum atomic E-state index is -0.0817. The number of pyridine rings is 1. The lowest BCUT2D eigenvalue weighted by Crippen LogP contribution is -2.28. The minimum absolute atomic E-state index is 0.0817. The van der Waals surface area contributed by atoms with Crippen molar-refractivity contribution in [2.45, 2.75) is 43.9 Å². The fourth-order valence-electron chi connectivity index (χ4n) is 4.27. The average Bonchev–Trinajstić information content (AvgIpc) is 3.22. The minimum Gasteiger partial charge on any atom is -0.484 e. The summed E-state index contributed by atoms with van der Waals surface area (Å²) in [6.07, 6.45) is 7.07. The van der Waals surface area contributed by atoms with Gasteiger partial charge in [0.1, 0.15) is 6.61 Å². The first-order chi connectivity index (χ1) is 11.4. The largest absolute Gasteiger partial charge is 0.484 e. The number of fused-ring (bicyclic) bond motifs is 3. The average molecular weight is 308 g/mol. The molecule has 2 saturated heterocycles. The van der Waals surface area contributed by atoms with E-state index in [-0.39, 0.29) is 6.10 Å². The Labute approximate surface area is 136 Å². The van der Waals surface area contributed by atoms with Gasteiger partial charge < -0.3 is 14.4 Å². The molecule has 3 aliphatic heterocycles. The third kappa shape index (κ3) is 2.16. The van der Waals surface area contributed by atoms with Crippen LogP contribution < -0.4 is 14.4 Å². The maximum Gasteiger partial charge on any atom is 0.257 e. The summed E-state index contributed by atoms with van der Waals surface area (Å²) in [6.45, 7) is 0.535. The predicted octanol–water partition coefficient (Wildman–Crippen LogP) is 3.73. The highest BCUT2D eigenvalue weighted by molar-refractivity contribution is 5.52. The lowest BCUT2D eigenvalue weighted by atomic mass is 10.0. The third-order valence-corrected chi connectivity index (χ3v) is 5.40. The van der Waals surface area contributed by atoms with Crippen LogP contribution in [0.3, 0.4) is 0 Å². The molecule has 5 rings (SSSR count). The molecule has 1 aromatic carbocycles. The summed E-state index contributed by atoms with van der Waals surface area (Å²) in [5, 5.41) is 0. The molecule has 0 N–H and O–H groups in total. The third-order valence-electron chi connectivity index (χ3n) is 5.40. The van der Waals surface area contributed by atoms with Crippen molar-refractivity contribution in [1.29, 1.82) is 0 Å². The van der Waals surface area contributed by atoms with E-state index < -0.39 is 0 Å². The molecule has 0 radical (unpaired) electrons. The van der Waals surface area contributed by atoms with Crippen molar-refractivity contribution in [2.24, 2.45) is 0 Å². The second-order valence-corrected chi connectivity index (χ2v) is 6.69. The number of rotatable bonds is 2. The van der Waals surface area contributed by atoms with Gasteiger partial charge in [0.15, 0.2) is 11.9 Å². The molecule has 2 fully saturated rings. The lowest BCUT2D eigenvalue weighted by molar-refractivity contribution is 0.0851. The predicted molar refractivity (Wildman–Crippen MR) is 88.1 cm³/mol. The number of nitrogens with zero attached hydrogens (tertiary/aromatic N) is 2. The van der Waals surface area contributed by atoms with Gasteiger partial charge in [-0.25, -0.2) is 4.98 Å². The van der Waals surface area contributed by atoms with Gasteiger partial charge >= 0.3 is 0 Å². The van der Waals surface area contributed by atoms with Crippen LogP contribution in [0.2, 0.25) is 0 Å². The fourth-order valence-corrected chi connectivity index (χ4v) is 4.27. The van der Waals surface area contributed by atoms with Crippen LogP contribution in [0, 0.1) is 0 Å². The van der Waals surface area contributed by atoms with Gasteiger partial charge in [-0.05, 0) is 55.5 Å². The summed E-state index contributed by atoms with van der Waals surface area (Å²) in [4.78, 5) is 6.87. The lowest BCUT2D eigenvalue weighted by Gasteiger charge is -2.27. The van der Waals surface area contributed by atoms with Crippen LogP contribution in [0.1, 0.15) is 37.4 Å². The van der Waals surface area contributed by atoms with Gasteiger partial charge in [-0.3, -0.25) is 0 Å². The highest BCUT2D eigenvalue weighted by atomic mass is 16.6. The summed E-state index contributed by atoms with van der Waals surface area (Å²) < 4.78 is 11.8. The van der Waals surface area contributed by atoms with E-state index in [1.54, 1.807) is 6.20 Å². The molecule has 0 amide bonds. The van der Waals surface area contributed by atoms with Crippen molar-refractivity contribution in [3.63, 3.8) is 0 Å². The Morgan fingerprint density at radius 1 is 0.957 bits per heavy atom. The number of aromatic nitrogens is 1. The molecular formula is C19H20N2O2. The van der Waals surface area contributed by atoms with E-state index in [0.29, 0.717) is 12.5 Å². The second-order valence-electron chi connectivity index (χ2n) is 6.69. The molecule has 0 saturated carbocycles. The zero-order valence-electron chi connectivity index (χ0n) is 13.0. The molecule has 2 bridgehead atoms. The Bertz CT molecular complexity index is 696. The van der Waals surface area contributed by atoms with Gasteiger partial charge in [-0.2, -0.15) is 0 Å². The Balaban J connectivity index is 1.36. The molecule has 1 aromatic heterocycles. The van der Waals surface area contributed by atoms with Gasteiger partial charge in [0.25, 0.3) is 5.88 Å². The smallest absolute Gasteiger partial charge is 0.257 e. The van der Waals surface area contributed by atoms with E-state index in [4.69, 9.17) is 9.47 Å². The van der Waals surface area contributed by atoms with E-state index >= 15 is 0 Å². The van der Waals surface area contributed by atoms with Crippen LogP contribution in [-0.4, -0.2) is 23.7 Å². The number of hydrogen-bond acceptors (Lipinski definition) is 4. The van der Waals surface area contributed by atoms with Crippen LogP contribution in [0.15, 0.2) is 42.6 Å². The molecule has 4 heteroatoms. The van der Waals surface area contributed by atoms with E-state index in [1.165, 1.54) is 31.4 Å². The second kappa shape index (κ2) is 5.15. The fraction of sp³-hybridized carbons (Fsp3) is 0.421. The first kappa shape index (κ1) is 13.2. The Hall–Kier alpha value is -2.23. The van der Waals surface area contributed by atoms with E-state index in [9.17, 15) is 0 Å². The topological polar surface area (TPSA) is 34.6 Å². The summed E-state index contributed by atoms with van der Waals surface area (Å²) in [6, 6.07) is 14.1. The van der Waals surface area contributed by atoms with Gasteiger partial charge in [-0.1, -0.05) is 12.1 Å². The summed E-state index contributed by atoms with van der Waals surface area (Å²) >= 11 is 0. The molecule has 0 unspecified atom stereocenters. The first-order valence-corrected chi connectivity index (χ1v) is 8.51. The van der Waals surface area contributed by atoms with Crippen LogP contribution in [0.25, 0.3) is 0 Å². The van der Waals surface area contributed by atoms with Crippen molar-refractivity contribution < 1.29 is 9.47 Å².